The number of hydrogen-bond acceptors (Lipinski definition) is 5. The minimum Gasteiger partial charge on any atom is -0.394 e. The molecular formula is C37H47N3O4S. The molecule has 3 heterocycles. The second kappa shape index (κ2) is 12.8. The van der Waals surface area contributed by atoms with Gasteiger partial charge in [-0.1, -0.05) is 68.5 Å². The maximum absolute atomic E-state index is 15.1. The molecule has 3 aliphatic heterocycles. The molecule has 5 rings (SSSR count). The van der Waals surface area contributed by atoms with Gasteiger partial charge in [0.2, 0.25) is 11.8 Å². The van der Waals surface area contributed by atoms with Gasteiger partial charge in [0.05, 0.1) is 29.2 Å². The monoisotopic (exact) mass is 629 g/mol. The number of amides is 3. The Labute approximate surface area is 272 Å². The van der Waals surface area contributed by atoms with Gasteiger partial charge in [-0.3, -0.25) is 14.4 Å². The number of thioether (sulfide) groups is 1. The van der Waals surface area contributed by atoms with E-state index in [0.29, 0.717) is 19.5 Å². The van der Waals surface area contributed by atoms with Gasteiger partial charge in [0, 0.05) is 30.1 Å². The van der Waals surface area contributed by atoms with Crippen LogP contribution in [-0.2, 0) is 20.9 Å². The largest absolute Gasteiger partial charge is 0.394 e. The molecule has 6 atom stereocenters. The van der Waals surface area contributed by atoms with E-state index in [-0.39, 0.29) is 36.8 Å². The van der Waals surface area contributed by atoms with Crippen molar-refractivity contribution in [1.29, 1.82) is 0 Å². The van der Waals surface area contributed by atoms with Gasteiger partial charge >= 0.3 is 0 Å². The van der Waals surface area contributed by atoms with Crippen LogP contribution < -0.4 is 4.90 Å². The van der Waals surface area contributed by atoms with Crippen LogP contribution in [0.1, 0.15) is 50.3 Å². The van der Waals surface area contributed by atoms with E-state index < -0.39 is 33.4 Å². The Morgan fingerprint density at radius 1 is 1.07 bits per heavy atom. The summed E-state index contributed by atoms with van der Waals surface area (Å²) in [6, 6.07) is 14.5. The Kier molecular flexibility index (Phi) is 9.39. The summed E-state index contributed by atoms with van der Waals surface area (Å²) in [6.07, 6.45) is 4.81. The number of carbonyl (C=O) groups is 3. The zero-order valence-corrected chi connectivity index (χ0v) is 28.1. The molecule has 3 fully saturated rings. The number of likely N-dealkylation sites (tertiary alicyclic amines) is 1. The number of rotatable bonds is 12. The first-order valence-corrected chi connectivity index (χ1v) is 16.8. The van der Waals surface area contributed by atoms with Crippen LogP contribution >= 0.6 is 11.8 Å². The summed E-state index contributed by atoms with van der Waals surface area (Å²) in [5.41, 5.74) is 3.77. The van der Waals surface area contributed by atoms with E-state index in [1.807, 2.05) is 76.2 Å². The molecule has 0 radical (unpaired) electrons. The van der Waals surface area contributed by atoms with Gasteiger partial charge < -0.3 is 19.8 Å². The third kappa shape index (κ3) is 5.54. The Bertz CT molecular complexity index is 1480. The molecular weight excluding hydrogens is 582 g/mol. The van der Waals surface area contributed by atoms with Crippen molar-refractivity contribution < 1.29 is 19.5 Å². The number of aliphatic hydroxyl groups excluding tert-OH is 1. The maximum atomic E-state index is 15.1. The van der Waals surface area contributed by atoms with Crippen LogP contribution in [0.5, 0.6) is 0 Å². The molecule has 1 N–H and O–H groups in total. The summed E-state index contributed by atoms with van der Waals surface area (Å²) in [4.78, 5) is 49.8. The number of hydrogen-bond donors (Lipinski definition) is 1. The van der Waals surface area contributed by atoms with Crippen LogP contribution in [0.4, 0.5) is 5.69 Å². The Morgan fingerprint density at radius 3 is 2.38 bits per heavy atom. The summed E-state index contributed by atoms with van der Waals surface area (Å²) in [5.74, 6) is -1.84. The summed E-state index contributed by atoms with van der Waals surface area (Å²) < 4.78 is -1.30. The van der Waals surface area contributed by atoms with Gasteiger partial charge in [0.15, 0.2) is 0 Å². The van der Waals surface area contributed by atoms with E-state index in [1.165, 1.54) is 0 Å². The van der Waals surface area contributed by atoms with E-state index >= 15 is 4.79 Å². The van der Waals surface area contributed by atoms with Crippen molar-refractivity contribution in [2.24, 2.45) is 17.8 Å². The van der Waals surface area contributed by atoms with Crippen molar-refractivity contribution in [1.82, 2.24) is 9.80 Å². The number of aryl methyl sites for hydroxylation is 2. The maximum Gasteiger partial charge on any atom is 0.251 e. The molecule has 3 saturated heterocycles. The molecule has 1 spiro atoms. The highest BCUT2D eigenvalue weighted by molar-refractivity contribution is 8.02. The summed E-state index contributed by atoms with van der Waals surface area (Å²) >= 11 is 1.66. The molecule has 3 aliphatic rings. The fourth-order valence-electron chi connectivity index (χ4n) is 7.98. The van der Waals surface area contributed by atoms with Gasteiger partial charge in [-0.05, 0) is 62.3 Å². The summed E-state index contributed by atoms with van der Waals surface area (Å²) in [6.45, 7) is 18.7. The summed E-state index contributed by atoms with van der Waals surface area (Å²) in [5, 5.41) is 10.7. The Morgan fingerprint density at radius 2 is 1.76 bits per heavy atom. The minimum absolute atomic E-state index is 0.0794. The van der Waals surface area contributed by atoms with Gasteiger partial charge in [0.25, 0.3) is 5.91 Å². The van der Waals surface area contributed by atoms with Crippen LogP contribution in [0.15, 0.2) is 73.8 Å². The zero-order valence-electron chi connectivity index (χ0n) is 27.2. The predicted octanol–water partition coefficient (Wildman–Crippen LogP) is 5.54. The van der Waals surface area contributed by atoms with Crippen molar-refractivity contribution in [2.45, 2.75) is 75.6 Å². The minimum atomic E-state index is -0.832. The van der Waals surface area contributed by atoms with E-state index in [0.717, 1.165) is 28.8 Å². The Hall–Kier alpha value is -3.36. The van der Waals surface area contributed by atoms with E-state index in [2.05, 4.69) is 20.1 Å². The number of fused-ring (bicyclic) bond motifs is 1. The lowest BCUT2D eigenvalue weighted by atomic mass is 9.66. The highest BCUT2D eigenvalue weighted by atomic mass is 32.2. The second-order valence-corrected chi connectivity index (χ2v) is 15.4. The first kappa shape index (κ1) is 33.0. The standard InChI is InChI=1S/C37H47N3O4S/c1-8-19-38(22-27-13-11-10-12-14-27)33(42)30-31-34(43)40(29(23-41)24(3)4)32(37(31)18-17-36(30,7)45-37)35(44)39(20-9-2)28-21-25(5)15-16-26(28)6/h8-16,21,24,29-32,41H,1-2,17-20,22-23H2,3-7H3/t29-,30+,31-,32?,36-,37?/m0/s1. The molecule has 0 aromatic heterocycles. The third-order valence-corrected chi connectivity index (χ3v) is 12.1. The summed E-state index contributed by atoms with van der Waals surface area (Å²) in [7, 11) is 0. The molecule has 240 valence electrons. The highest BCUT2D eigenvalue weighted by Gasteiger charge is 2.78. The van der Waals surface area contributed by atoms with Crippen molar-refractivity contribution in [3.8, 4) is 0 Å². The van der Waals surface area contributed by atoms with Crippen LogP contribution in [-0.4, -0.2) is 73.9 Å². The van der Waals surface area contributed by atoms with Crippen molar-refractivity contribution in [2.75, 3.05) is 24.6 Å². The molecule has 2 aromatic rings. The lowest BCUT2D eigenvalue weighted by Gasteiger charge is -2.41. The van der Waals surface area contributed by atoms with E-state index in [9.17, 15) is 14.7 Å². The Balaban J connectivity index is 1.62. The molecule has 3 amide bonds. The zero-order chi connectivity index (χ0) is 32.7. The van der Waals surface area contributed by atoms with Gasteiger partial charge in [-0.25, -0.2) is 0 Å². The SMILES string of the molecule is C=CCN(Cc1ccccc1)C(=O)[C@H]1[C@H]2C(=O)N([C@@H](CO)C(C)C)C(C(=O)N(CC=C)c3cc(C)ccc3C)C23CC[C@]1(C)S3. The molecule has 2 bridgehead atoms. The fraction of sp³-hybridized carbons (Fsp3) is 0.486. The number of anilines is 1. The fourth-order valence-corrected chi connectivity index (χ4v) is 10.3. The predicted molar refractivity (Wildman–Crippen MR) is 182 cm³/mol. The average molecular weight is 630 g/mol. The molecule has 2 aromatic carbocycles. The van der Waals surface area contributed by atoms with Crippen LogP contribution in [0.2, 0.25) is 0 Å². The molecule has 0 saturated carbocycles. The quantitative estimate of drug-likeness (QED) is 0.312. The highest BCUT2D eigenvalue weighted by Crippen LogP contribution is 2.72. The van der Waals surface area contributed by atoms with Crippen molar-refractivity contribution in [3.05, 3.63) is 90.5 Å². The first-order valence-electron chi connectivity index (χ1n) is 16.0. The van der Waals surface area contributed by atoms with E-state index in [1.54, 1.807) is 38.6 Å². The molecule has 8 heteroatoms. The topological polar surface area (TPSA) is 81.2 Å². The normalized spacial score (nSPS) is 27.4. The number of carbonyl (C=O) groups excluding carboxylic acids is 3. The number of aliphatic hydroxyl groups is 1. The third-order valence-electron chi connectivity index (χ3n) is 10.1. The van der Waals surface area contributed by atoms with Crippen molar-refractivity contribution >= 4 is 35.2 Å². The number of benzene rings is 2. The van der Waals surface area contributed by atoms with Crippen LogP contribution in [0, 0.1) is 31.6 Å². The molecule has 7 nitrogen and oxygen atoms in total. The smallest absolute Gasteiger partial charge is 0.251 e. The number of nitrogens with zero attached hydrogens (tertiary/aromatic N) is 3. The lowest BCUT2D eigenvalue weighted by molar-refractivity contribution is -0.147. The van der Waals surface area contributed by atoms with Crippen LogP contribution in [0.25, 0.3) is 0 Å². The average Bonchev–Trinajstić information content (AvgIpc) is 3.58. The molecule has 45 heavy (non-hydrogen) atoms. The van der Waals surface area contributed by atoms with Gasteiger partial charge in [0.1, 0.15) is 6.04 Å². The molecule has 0 aliphatic carbocycles. The first-order chi connectivity index (χ1) is 21.4. The van der Waals surface area contributed by atoms with Crippen molar-refractivity contribution in [3.63, 3.8) is 0 Å². The van der Waals surface area contributed by atoms with Gasteiger partial charge in [-0.2, -0.15) is 0 Å². The van der Waals surface area contributed by atoms with Gasteiger partial charge in [-0.15, -0.1) is 24.9 Å². The second-order valence-electron chi connectivity index (χ2n) is 13.5. The molecule has 2 unspecified atom stereocenters. The van der Waals surface area contributed by atoms with E-state index in [4.69, 9.17) is 0 Å². The lowest BCUT2D eigenvalue weighted by Crippen LogP contribution is -2.58. The van der Waals surface area contributed by atoms with Crippen LogP contribution in [0.3, 0.4) is 0 Å².